The summed E-state index contributed by atoms with van der Waals surface area (Å²) >= 11 is 5.65. The van der Waals surface area contributed by atoms with E-state index in [1.54, 1.807) is 0 Å². The van der Waals surface area contributed by atoms with Crippen molar-refractivity contribution in [2.45, 2.75) is 0 Å². The molecule has 5 heteroatoms. The van der Waals surface area contributed by atoms with E-state index in [4.69, 9.17) is 11.6 Å². The number of carbonyl (C=O) groups is 1. The van der Waals surface area contributed by atoms with Crippen LogP contribution in [0.2, 0.25) is 5.02 Å². The summed E-state index contributed by atoms with van der Waals surface area (Å²) in [7, 11) is 0. The molecule has 0 saturated heterocycles. The molecule has 0 spiro atoms. The maximum atomic E-state index is 13.1. The van der Waals surface area contributed by atoms with Crippen LogP contribution in [0.1, 0.15) is 0 Å². The van der Waals surface area contributed by atoms with Crippen LogP contribution in [0.4, 0.5) is 14.9 Å². The van der Waals surface area contributed by atoms with E-state index in [9.17, 15) is 9.18 Å². The summed E-state index contributed by atoms with van der Waals surface area (Å²) in [5.74, 6) is -0.534. The van der Waals surface area contributed by atoms with Crippen LogP contribution < -0.4 is 10.6 Å². The number of benzene rings is 1. The first kappa shape index (κ1) is 11.5. The zero-order chi connectivity index (χ0) is 11.3. The summed E-state index contributed by atoms with van der Waals surface area (Å²) in [6.07, 6.45) is 1.52. The summed E-state index contributed by atoms with van der Waals surface area (Å²) in [5, 5.41) is 5.14. The molecule has 0 aliphatic carbocycles. The van der Waals surface area contributed by atoms with Crippen molar-refractivity contribution in [3.8, 4) is 0 Å². The van der Waals surface area contributed by atoms with E-state index >= 15 is 0 Å². The van der Waals surface area contributed by atoms with E-state index in [1.165, 1.54) is 24.3 Å². The summed E-state index contributed by atoms with van der Waals surface area (Å²) in [4.78, 5) is 11.2. The molecule has 0 radical (unpaired) electrons. The topological polar surface area (TPSA) is 41.1 Å². The Kier molecular flexibility index (Phi) is 4.12. The van der Waals surface area contributed by atoms with Crippen LogP contribution in [-0.2, 0) is 0 Å². The van der Waals surface area contributed by atoms with E-state index in [2.05, 4.69) is 17.2 Å². The zero-order valence-corrected chi connectivity index (χ0v) is 8.64. The third-order valence-electron chi connectivity index (χ3n) is 1.58. The van der Waals surface area contributed by atoms with Crippen LogP contribution in [0.15, 0.2) is 30.9 Å². The molecular weight excluding hydrogens is 219 g/mol. The zero-order valence-electron chi connectivity index (χ0n) is 7.89. The normalized spacial score (nSPS) is 9.47. The first-order valence-corrected chi connectivity index (χ1v) is 4.62. The third-order valence-corrected chi connectivity index (χ3v) is 1.82. The molecule has 2 amide bonds. The molecule has 0 saturated carbocycles. The van der Waals surface area contributed by atoms with E-state index in [0.29, 0.717) is 11.6 Å². The molecule has 0 atom stereocenters. The van der Waals surface area contributed by atoms with E-state index < -0.39 is 11.8 Å². The predicted octanol–water partition coefficient (Wildman–Crippen LogP) is 2.79. The van der Waals surface area contributed by atoms with E-state index in [1.807, 2.05) is 0 Å². The summed E-state index contributed by atoms with van der Waals surface area (Å²) in [6, 6.07) is 3.43. The van der Waals surface area contributed by atoms with E-state index in [0.717, 1.165) is 0 Å². The van der Waals surface area contributed by atoms with Gasteiger partial charge in [0.2, 0.25) is 0 Å². The van der Waals surface area contributed by atoms with Gasteiger partial charge in [-0.25, -0.2) is 9.18 Å². The van der Waals surface area contributed by atoms with Crippen molar-refractivity contribution >= 4 is 23.3 Å². The van der Waals surface area contributed by atoms with Crippen molar-refractivity contribution in [2.75, 3.05) is 11.9 Å². The highest BCUT2D eigenvalue weighted by Gasteiger charge is 2.05. The third kappa shape index (κ3) is 3.59. The molecule has 2 N–H and O–H groups in total. The molecule has 1 aromatic carbocycles. The lowest BCUT2D eigenvalue weighted by molar-refractivity contribution is 0.253. The van der Waals surface area contributed by atoms with Gasteiger partial charge < -0.3 is 10.6 Å². The van der Waals surface area contributed by atoms with Crippen LogP contribution in [0.25, 0.3) is 0 Å². The summed E-state index contributed by atoms with van der Waals surface area (Å²) in [5.41, 5.74) is 0.0454. The number of hydrogen-bond donors (Lipinski definition) is 2. The quantitative estimate of drug-likeness (QED) is 0.768. The fraction of sp³-hybridized carbons (Fsp3) is 0.100. The van der Waals surface area contributed by atoms with Gasteiger partial charge in [-0.1, -0.05) is 17.7 Å². The van der Waals surface area contributed by atoms with Gasteiger partial charge in [-0.2, -0.15) is 0 Å². The van der Waals surface area contributed by atoms with Gasteiger partial charge in [0.1, 0.15) is 5.82 Å². The Morgan fingerprint density at radius 3 is 3.00 bits per heavy atom. The number of anilines is 1. The molecule has 0 fully saturated rings. The molecule has 0 bridgehead atoms. The Balaban J connectivity index is 2.67. The van der Waals surface area contributed by atoms with Crippen molar-refractivity contribution in [1.82, 2.24) is 5.32 Å². The molecule has 3 nitrogen and oxygen atoms in total. The lowest BCUT2D eigenvalue weighted by Gasteiger charge is -2.06. The molecule has 1 aromatic rings. The fourth-order valence-electron chi connectivity index (χ4n) is 0.925. The molecule has 0 aromatic heterocycles. The number of rotatable bonds is 3. The highest BCUT2D eigenvalue weighted by atomic mass is 35.5. The van der Waals surface area contributed by atoms with Crippen LogP contribution in [0.5, 0.6) is 0 Å². The highest BCUT2D eigenvalue weighted by molar-refractivity contribution is 6.30. The monoisotopic (exact) mass is 228 g/mol. The average molecular weight is 229 g/mol. The smallest absolute Gasteiger partial charge is 0.319 e. The van der Waals surface area contributed by atoms with Crippen LogP contribution >= 0.6 is 11.6 Å². The molecule has 0 aliphatic rings. The number of halogens is 2. The maximum Gasteiger partial charge on any atom is 0.319 e. The Bertz CT molecular complexity index is 382. The lowest BCUT2D eigenvalue weighted by atomic mass is 10.3. The molecule has 15 heavy (non-hydrogen) atoms. The first-order chi connectivity index (χ1) is 7.13. The molecule has 1 rings (SSSR count). The van der Waals surface area contributed by atoms with Gasteiger partial charge in [-0.15, -0.1) is 6.58 Å². The van der Waals surface area contributed by atoms with Gasteiger partial charge in [0.05, 0.1) is 5.69 Å². The number of urea groups is 1. The summed E-state index contributed by atoms with van der Waals surface area (Å²) < 4.78 is 13.1. The van der Waals surface area contributed by atoms with Crippen LogP contribution in [0.3, 0.4) is 0 Å². The van der Waals surface area contributed by atoms with Gasteiger partial charge in [-0.3, -0.25) is 0 Å². The second-order valence-electron chi connectivity index (χ2n) is 2.75. The molecule has 0 unspecified atom stereocenters. The Labute approximate surface area is 91.9 Å². The van der Waals surface area contributed by atoms with Gasteiger partial charge in [0, 0.05) is 11.6 Å². The van der Waals surface area contributed by atoms with Crippen molar-refractivity contribution < 1.29 is 9.18 Å². The number of amides is 2. The average Bonchev–Trinajstić information content (AvgIpc) is 2.20. The molecule has 0 heterocycles. The first-order valence-electron chi connectivity index (χ1n) is 4.24. The Morgan fingerprint density at radius 1 is 1.60 bits per heavy atom. The van der Waals surface area contributed by atoms with Crippen molar-refractivity contribution in [2.24, 2.45) is 0 Å². The summed E-state index contributed by atoms with van der Waals surface area (Å²) in [6.45, 7) is 3.75. The Morgan fingerprint density at radius 2 is 2.33 bits per heavy atom. The van der Waals surface area contributed by atoms with Gasteiger partial charge in [0.15, 0.2) is 0 Å². The molecule has 0 aliphatic heterocycles. The lowest BCUT2D eigenvalue weighted by Crippen LogP contribution is -2.28. The SMILES string of the molecule is C=CCNC(=O)Nc1cc(Cl)ccc1F. The minimum Gasteiger partial charge on any atom is -0.334 e. The van der Waals surface area contributed by atoms with Crippen molar-refractivity contribution in [1.29, 1.82) is 0 Å². The van der Waals surface area contributed by atoms with Crippen LogP contribution in [-0.4, -0.2) is 12.6 Å². The van der Waals surface area contributed by atoms with Crippen molar-refractivity contribution in [3.63, 3.8) is 0 Å². The molecule has 80 valence electrons. The largest absolute Gasteiger partial charge is 0.334 e. The van der Waals surface area contributed by atoms with Crippen LogP contribution in [0, 0.1) is 5.82 Å². The Hall–Kier alpha value is -1.55. The predicted molar refractivity (Wildman–Crippen MR) is 58.6 cm³/mol. The van der Waals surface area contributed by atoms with Gasteiger partial charge in [-0.05, 0) is 18.2 Å². The highest BCUT2D eigenvalue weighted by Crippen LogP contribution is 2.19. The number of hydrogen-bond acceptors (Lipinski definition) is 1. The second-order valence-corrected chi connectivity index (χ2v) is 3.18. The maximum absolute atomic E-state index is 13.1. The number of carbonyl (C=O) groups excluding carboxylic acids is 1. The molecular formula is C10H10ClFN2O. The minimum absolute atomic E-state index is 0.0454. The fourth-order valence-corrected chi connectivity index (χ4v) is 1.10. The number of nitrogens with one attached hydrogen (secondary N) is 2. The van der Waals surface area contributed by atoms with Crippen molar-refractivity contribution in [3.05, 3.63) is 41.7 Å². The van der Waals surface area contributed by atoms with Gasteiger partial charge >= 0.3 is 6.03 Å². The van der Waals surface area contributed by atoms with E-state index in [-0.39, 0.29) is 5.69 Å². The minimum atomic E-state index is -0.534. The second kappa shape index (κ2) is 5.36. The van der Waals surface area contributed by atoms with Gasteiger partial charge in [0.25, 0.3) is 0 Å². The standard InChI is InChI=1S/C10H10ClFN2O/c1-2-5-13-10(15)14-9-6-7(11)3-4-8(9)12/h2-4,6H,1,5H2,(H2,13,14,15).